The van der Waals surface area contributed by atoms with Gasteiger partial charge in [-0.1, -0.05) is 6.07 Å². The molecule has 2 aliphatic rings. The van der Waals surface area contributed by atoms with Gasteiger partial charge in [-0.2, -0.15) is 13.2 Å². The number of hydrogen-bond acceptors (Lipinski definition) is 4. The molecule has 1 amide bonds. The first-order valence-corrected chi connectivity index (χ1v) is 5.91. The van der Waals surface area contributed by atoms with E-state index in [-0.39, 0.29) is 22.2 Å². The minimum absolute atomic E-state index is 0.0721. The van der Waals surface area contributed by atoms with Gasteiger partial charge in [0.1, 0.15) is 5.75 Å². The normalized spacial score (nSPS) is 12.0. The number of hydrogen-bond donors (Lipinski definition) is 2. The number of alkyl halides is 3. The number of carbonyl (C=O) groups excluding carboxylic acids is 1. The van der Waals surface area contributed by atoms with Crippen LogP contribution < -0.4 is 0 Å². The molecular weight excluding hydrogens is 303 g/mol. The first kappa shape index (κ1) is 14.0. The molecule has 2 N–H and O–H groups in total. The van der Waals surface area contributed by atoms with Gasteiger partial charge in [-0.3, -0.25) is 4.79 Å². The molecule has 1 aliphatic carbocycles. The van der Waals surface area contributed by atoms with Crippen LogP contribution in [-0.4, -0.2) is 21.0 Å². The minimum Gasteiger partial charge on any atom is -0.505 e. The molecule has 1 heterocycles. The largest absolute Gasteiger partial charge is 0.505 e. The van der Waals surface area contributed by atoms with Gasteiger partial charge >= 0.3 is 12.1 Å². The van der Waals surface area contributed by atoms with Gasteiger partial charge < -0.3 is 10.1 Å². The van der Waals surface area contributed by atoms with E-state index in [0.29, 0.717) is 5.39 Å². The summed E-state index contributed by atoms with van der Waals surface area (Å²) >= 11 is 0. The highest BCUT2D eigenvalue weighted by molar-refractivity contribution is 6.09. The average molecular weight is 309 g/mol. The van der Waals surface area contributed by atoms with E-state index in [1.807, 2.05) is 4.98 Å². The van der Waals surface area contributed by atoms with E-state index in [9.17, 15) is 28.0 Å². The van der Waals surface area contributed by atoms with Gasteiger partial charge in [-0.05, 0) is 17.5 Å². The van der Waals surface area contributed by atoms with Gasteiger partial charge in [0.05, 0.1) is 5.69 Å². The minimum atomic E-state index is -4.69. The molecule has 112 valence electrons. The summed E-state index contributed by atoms with van der Waals surface area (Å²) in [5, 5.41) is 12.9. The number of rotatable bonds is 1. The maximum atomic E-state index is 12.7. The van der Waals surface area contributed by atoms with Crippen LogP contribution in [0.5, 0.6) is 5.75 Å². The van der Waals surface area contributed by atoms with Gasteiger partial charge in [0.15, 0.2) is 0 Å². The number of nitroso groups, excluding NO2 is 1. The SMILES string of the molecule is O=NC(=O)c1ccc2c3cnc(C(F)(F)F)[nH]c-3c(O)c2c1. The van der Waals surface area contributed by atoms with E-state index in [1.165, 1.54) is 18.2 Å². The van der Waals surface area contributed by atoms with E-state index < -0.39 is 23.7 Å². The van der Waals surface area contributed by atoms with Crippen molar-refractivity contribution in [3.8, 4) is 17.0 Å². The monoisotopic (exact) mass is 309 g/mol. The Morgan fingerprint density at radius 1 is 1.27 bits per heavy atom. The molecule has 1 aromatic rings. The molecule has 1 aliphatic heterocycles. The molecule has 0 atom stereocenters. The number of halogens is 3. The van der Waals surface area contributed by atoms with Crippen molar-refractivity contribution < 1.29 is 23.1 Å². The van der Waals surface area contributed by atoms with Crippen LogP contribution in [0.4, 0.5) is 13.2 Å². The lowest BCUT2D eigenvalue weighted by atomic mass is 10.1. The Morgan fingerprint density at radius 3 is 2.64 bits per heavy atom. The fourth-order valence-electron chi connectivity index (χ4n) is 2.24. The van der Waals surface area contributed by atoms with Crippen LogP contribution in [0.2, 0.25) is 0 Å². The van der Waals surface area contributed by atoms with Crippen molar-refractivity contribution in [2.75, 3.05) is 0 Å². The number of fused-ring (bicyclic) bond motifs is 3. The van der Waals surface area contributed by atoms with E-state index >= 15 is 0 Å². The number of H-pyrrole nitrogens is 1. The maximum Gasteiger partial charge on any atom is 0.449 e. The van der Waals surface area contributed by atoms with E-state index in [4.69, 9.17) is 0 Å². The zero-order valence-corrected chi connectivity index (χ0v) is 10.6. The first-order chi connectivity index (χ1) is 10.3. The van der Waals surface area contributed by atoms with Crippen LogP contribution >= 0.6 is 0 Å². The molecule has 9 heteroatoms. The molecule has 6 nitrogen and oxygen atoms in total. The zero-order valence-electron chi connectivity index (χ0n) is 10.6. The second-order valence-electron chi connectivity index (χ2n) is 4.52. The van der Waals surface area contributed by atoms with Crippen LogP contribution in [-0.2, 0) is 6.18 Å². The van der Waals surface area contributed by atoms with Crippen LogP contribution in [0, 0.1) is 4.91 Å². The van der Waals surface area contributed by atoms with Crippen LogP contribution in [0.3, 0.4) is 0 Å². The van der Waals surface area contributed by atoms with Crippen molar-refractivity contribution in [3.63, 3.8) is 0 Å². The highest BCUT2D eigenvalue weighted by atomic mass is 19.4. The number of aromatic amines is 1. The molecule has 22 heavy (non-hydrogen) atoms. The summed E-state index contributed by atoms with van der Waals surface area (Å²) in [5.41, 5.74) is 0.0386. The second kappa shape index (κ2) is 4.52. The molecule has 0 saturated carbocycles. The number of nitrogens with zero attached hydrogens (tertiary/aromatic N) is 2. The molecule has 0 aromatic heterocycles. The van der Waals surface area contributed by atoms with Crippen molar-refractivity contribution in [3.05, 3.63) is 40.7 Å². The van der Waals surface area contributed by atoms with Gasteiger partial charge in [-0.25, -0.2) is 4.98 Å². The highest BCUT2D eigenvalue weighted by Crippen LogP contribution is 2.43. The predicted octanol–water partition coefficient (Wildman–Crippen LogP) is 3.30. The Kier molecular flexibility index (Phi) is 2.87. The number of benzene rings is 1. The summed E-state index contributed by atoms with van der Waals surface area (Å²) in [7, 11) is 0. The predicted molar refractivity (Wildman–Crippen MR) is 69.5 cm³/mol. The topological polar surface area (TPSA) is 95.4 Å². The number of aromatic hydroxyl groups is 1. The Balaban J connectivity index is 2.31. The van der Waals surface area contributed by atoms with Gasteiger partial charge in [0, 0.05) is 27.9 Å². The average Bonchev–Trinajstić information content (AvgIpc) is 2.78. The van der Waals surface area contributed by atoms with Gasteiger partial charge in [0.25, 0.3) is 0 Å². The maximum absolute atomic E-state index is 12.7. The summed E-state index contributed by atoms with van der Waals surface area (Å²) in [6.07, 6.45) is -3.71. The number of aromatic nitrogens is 2. The Bertz CT molecular complexity index is 885. The third kappa shape index (κ3) is 1.98. The molecule has 3 rings (SSSR count). The van der Waals surface area contributed by atoms with Gasteiger partial charge in [-0.15, -0.1) is 4.91 Å². The first-order valence-electron chi connectivity index (χ1n) is 5.91. The molecule has 0 radical (unpaired) electrons. The zero-order chi connectivity index (χ0) is 16.1. The van der Waals surface area contributed by atoms with Crippen molar-refractivity contribution >= 4 is 16.7 Å². The number of nitrogens with one attached hydrogen (secondary N) is 1. The lowest BCUT2D eigenvalue weighted by Gasteiger charge is -2.08. The molecule has 1 aromatic carbocycles. The smallest absolute Gasteiger partial charge is 0.449 e. The van der Waals surface area contributed by atoms with E-state index in [1.54, 1.807) is 0 Å². The second-order valence-corrected chi connectivity index (χ2v) is 4.52. The molecule has 0 fully saturated rings. The van der Waals surface area contributed by atoms with E-state index in [2.05, 4.69) is 10.2 Å². The van der Waals surface area contributed by atoms with Crippen molar-refractivity contribution in [2.45, 2.75) is 6.18 Å². The Labute approximate surface area is 119 Å². The summed E-state index contributed by atoms with van der Waals surface area (Å²) in [5.74, 6) is -2.75. The highest BCUT2D eigenvalue weighted by Gasteiger charge is 2.35. The lowest BCUT2D eigenvalue weighted by molar-refractivity contribution is -0.144. The van der Waals surface area contributed by atoms with E-state index in [0.717, 1.165) is 6.20 Å². The summed E-state index contributed by atoms with van der Waals surface area (Å²) in [6, 6.07) is 3.89. The Morgan fingerprint density at radius 2 is 2.00 bits per heavy atom. The molecule has 0 spiro atoms. The van der Waals surface area contributed by atoms with Crippen LogP contribution in [0.1, 0.15) is 16.2 Å². The number of carbonyl (C=O) groups is 1. The molecular formula is C13H6F3N3O3. The third-order valence-electron chi connectivity index (χ3n) is 3.24. The summed E-state index contributed by atoms with van der Waals surface area (Å²) in [4.78, 5) is 26.8. The number of amides is 1. The fourth-order valence-corrected chi connectivity index (χ4v) is 2.24. The quantitative estimate of drug-likeness (QED) is 0.674. The molecule has 0 bridgehead atoms. The van der Waals surface area contributed by atoms with Crippen molar-refractivity contribution in [1.29, 1.82) is 0 Å². The summed E-state index contributed by atoms with van der Waals surface area (Å²) in [6.45, 7) is 0. The van der Waals surface area contributed by atoms with Gasteiger partial charge in [0.2, 0.25) is 5.82 Å². The molecule has 0 unspecified atom stereocenters. The summed E-state index contributed by atoms with van der Waals surface area (Å²) < 4.78 is 38.0. The van der Waals surface area contributed by atoms with Crippen LogP contribution in [0.25, 0.3) is 22.0 Å². The standard InChI is InChI=1S/C13H6F3N3O3/c14-13(15,16)12-17-4-8-6-2-1-5(11(21)19-22)3-7(6)10(20)9(8)18-12/h1-4,20H,(H,17,18). The molecule has 0 saturated heterocycles. The Hall–Kier alpha value is -2.97. The van der Waals surface area contributed by atoms with Crippen LogP contribution in [0.15, 0.2) is 29.6 Å². The lowest BCUT2D eigenvalue weighted by Crippen LogP contribution is -2.11. The van der Waals surface area contributed by atoms with Crippen molar-refractivity contribution in [1.82, 2.24) is 9.97 Å². The fraction of sp³-hybridized carbons (Fsp3) is 0.0769. The third-order valence-corrected chi connectivity index (χ3v) is 3.24. The van der Waals surface area contributed by atoms with Crippen molar-refractivity contribution in [2.24, 2.45) is 5.18 Å².